The molecule has 0 heterocycles. The zero-order valence-electron chi connectivity index (χ0n) is 13.7. The van der Waals surface area contributed by atoms with Crippen LogP contribution in [0.1, 0.15) is 37.8 Å². The third-order valence-corrected chi connectivity index (χ3v) is 3.59. The summed E-state index contributed by atoms with van der Waals surface area (Å²) in [4.78, 5) is 12.1. The number of amides is 1. The lowest BCUT2D eigenvalue weighted by Crippen LogP contribution is -2.35. The second-order valence-corrected chi connectivity index (χ2v) is 5.83. The average Bonchev–Trinajstić information content (AvgIpc) is 2.54. The Balaban J connectivity index is 1.89. The SMILES string of the molecule is CC(Oc1cccc(C(C)C)c1)C(=O)NCc1ccc(F)cc1. The molecule has 2 rings (SSSR count). The van der Waals surface area contributed by atoms with Crippen LogP contribution >= 0.6 is 0 Å². The lowest BCUT2D eigenvalue weighted by atomic mass is 10.0. The quantitative estimate of drug-likeness (QED) is 0.874. The van der Waals surface area contributed by atoms with E-state index in [1.807, 2.05) is 24.3 Å². The second kappa shape index (κ2) is 7.77. The molecule has 0 aromatic heterocycles. The lowest BCUT2D eigenvalue weighted by Gasteiger charge is -2.16. The molecule has 0 aliphatic heterocycles. The van der Waals surface area contributed by atoms with Gasteiger partial charge in [-0.05, 0) is 48.2 Å². The summed E-state index contributed by atoms with van der Waals surface area (Å²) in [5.41, 5.74) is 2.01. The zero-order valence-corrected chi connectivity index (χ0v) is 13.7. The third-order valence-electron chi connectivity index (χ3n) is 3.59. The highest BCUT2D eigenvalue weighted by Gasteiger charge is 2.14. The standard InChI is InChI=1S/C19H22FNO2/c1-13(2)16-5-4-6-18(11-16)23-14(3)19(22)21-12-15-7-9-17(20)10-8-15/h4-11,13-14H,12H2,1-3H3,(H,21,22). The van der Waals surface area contributed by atoms with Gasteiger partial charge in [0.2, 0.25) is 0 Å². The van der Waals surface area contributed by atoms with Crippen molar-refractivity contribution in [1.82, 2.24) is 5.32 Å². The molecular formula is C19H22FNO2. The van der Waals surface area contributed by atoms with Gasteiger partial charge < -0.3 is 10.1 Å². The van der Waals surface area contributed by atoms with Crippen LogP contribution < -0.4 is 10.1 Å². The van der Waals surface area contributed by atoms with E-state index in [-0.39, 0.29) is 11.7 Å². The van der Waals surface area contributed by atoms with E-state index in [0.717, 1.165) is 5.56 Å². The van der Waals surface area contributed by atoms with Crippen LogP contribution in [0.15, 0.2) is 48.5 Å². The molecule has 0 saturated carbocycles. The molecule has 2 aromatic carbocycles. The van der Waals surface area contributed by atoms with Crippen molar-refractivity contribution in [3.05, 3.63) is 65.5 Å². The summed E-state index contributed by atoms with van der Waals surface area (Å²) in [6, 6.07) is 13.8. The topological polar surface area (TPSA) is 38.3 Å². The molecule has 0 aliphatic rings. The van der Waals surface area contributed by atoms with Gasteiger partial charge in [-0.2, -0.15) is 0 Å². The summed E-state index contributed by atoms with van der Waals surface area (Å²) in [5, 5.41) is 2.79. The smallest absolute Gasteiger partial charge is 0.261 e. The first-order chi connectivity index (χ1) is 11.0. The number of benzene rings is 2. The lowest BCUT2D eigenvalue weighted by molar-refractivity contribution is -0.127. The largest absolute Gasteiger partial charge is 0.481 e. The first-order valence-electron chi connectivity index (χ1n) is 7.74. The van der Waals surface area contributed by atoms with Crippen molar-refractivity contribution in [3.63, 3.8) is 0 Å². The molecule has 0 saturated heterocycles. The molecule has 1 amide bonds. The molecule has 0 fully saturated rings. The molecule has 0 bridgehead atoms. The molecule has 1 N–H and O–H groups in total. The van der Waals surface area contributed by atoms with Gasteiger partial charge in [-0.3, -0.25) is 4.79 Å². The fourth-order valence-corrected chi connectivity index (χ4v) is 2.14. The van der Waals surface area contributed by atoms with Crippen LogP contribution in [0.5, 0.6) is 5.75 Å². The highest BCUT2D eigenvalue weighted by molar-refractivity contribution is 5.80. The van der Waals surface area contributed by atoms with Crippen molar-refractivity contribution in [3.8, 4) is 5.75 Å². The number of ether oxygens (including phenoxy) is 1. The number of halogens is 1. The maximum Gasteiger partial charge on any atom is 0.261 e. The molecule has 0 aliphatic carbocycles. The Morgan fingerprint density at radius 1 is 1.13 bits per heavy atom. The van der Waals surface area contributed by atoms with Crippen LogP contribution in [0, 0.1) is 5.82 Å². The molecule has 2 aromatic rings. The van der Waals surface area contributed by atoms with E-state index in [1.165, 1.54) is 17.7 Å². The van der Waals surface area contributed by atoms with Gasteiger partial charge in [-0.1, -0.05) is 38.1 Å². The van der Waals surface area contributed by atoms with Crippen LogP contribution in [0.4, 0.5) is 4.39 Å². The number of carbonyl (C=O) groups excluding carboxylic acids is 1. The van der Waals surface area contributed by atoms with E-state index >= 15 is 0 Å². The molecule has 23 heavy (non-hydrogen) atoms. The van der Waals surface area contributed by atoms with Gasteiger partial charge in [0.25, 0.3) is 5.91 Å². The van der Waals surface area contributed by atoms with Gasteiger partial charge in [-0.15, -0.1) is 0 Å². The summed E-state index contributed by atoms with van der Waals surface area (Å²) in [7, 11) is 0. The summed E-state index contributed by atoms with van der Waals surface area (Å²) in [6.07, 6.45) is -0.599. The number of hydrogen-bond acceptors (Lipinski definition) is 2. The normalized spacial score (nSPS) is 12.0. The van der Waals surface area contributed by atoms with Gasteiger partial charge >= 0.3 is 0 Å². The second-order valence-electron chi connectivity index (χ2n) is 5.83. The fraction of sp³-hybridized carbons (Fsp3) is 0.316. The van der Waals surface area contributed by atoms with E-state index in [0.29, 0.717) is 18.2 Å². The van der Waals surface area contributed by atoms with Crippen molar-refractivity contribution in [2.75, 3.05) is 0 Å². The van der Waals surface area contributed by atoms with Crippen LogP contribution in [0.25, 0.3) is 0 Å². The summed E-state index contributed by atoms with van der Waals surface area (Å²) in [5.74, 6) is 0.591. The molecular weight excluding hydrogens is 293 g/mol. The fourth-order valence-electron chi connectivity index (χ4n) is 2.14. The number of carbonyl (C=O) groups is 1. The minimum atomic E-state index is -0.599. The van der Waals surface area contributed by atoms with Crippen molar-refractivity contribution in [2.45, 2.75) is 39.3 Å². The average molecular weight is 315 g/mol. The first kappa shape index (κ1) is 17.0. The summed E-state index contributed by atoms with van der Waals surface area (Å²) < 4.78 is 18.5. The highest BCUT2D eigenvalue weighted by Crippen LogP contribution is 2.21. The predicted octanol–water partition coefficient (Wildman–Crippen LogP) is 4.03. The molecule has 4 heteroatoms. The van der Waals surface area contributed by atoms with E-state index < -0.39 is 6.10 Å². The highest BCUT2D eigenvalue weighted by atomic mass is 19.1. The van der Waals surface area contributed by atoms with Crippen molar-refractivity contribution in [1.29, 1.82) is 0 Å². The van der Waals surface area contributed by atoms with Gasteiger partial charge in [0.05, 0.1) is 0 Å². The number of hydrogen-bond donors (Lipinski definition) is 1. The van der Waals surface area contributed by atoms with Crippen molar-refractivity contribution >= 4 is 5.91 Å². The van der Waals surface area contributed by atoms with Crippen molar-refractivity contribution in [2.24, 2.45) is 0 Å². The maximum atomic E-state index is 12.8. The van der Waals surface area contributed by atoms with Crippen LogP contribution in [0.2, 0.25) is 0 Å². The van der Waals surface area contributed by atoms with E-state index in [1.54, 1.807) is 19.1 Å². The van der Waals surface area contributed by atoms with Gasteiger partial charge in [0, 0.05) is 6.54 Å². The van der Waals surface area contributed by atoms with E-state index in [2.05, 4.69) is 19.2 Å². The Bertz CT molecular complexity index is 653. The van der Waals surface area contributed by atoms with Crippen LogP contribution in [0.3, 0.4) is 0 Å². The van der Waals surface area contributed by atoms with Crippen LogP contribution in [-0.4, -0.2) is 12.0 Å². The van der Waals surface area contributed by atoms with E-state index in [9.17, 15) is 9.18 Å². The molecule has 1 atom stereocenters. The molecule has 3 nitrogen and oxygen atoms in total. The Morgan fingerprint density at radius 3 is 2.48 bits per heavy atom. The summed E-state index contributed by atoms with van der Waals surface area (Å²) >= 11 is 0. The Labute approximate surface area is 136 Å². The monoisotopic (exact) mass is 315 g/mol. The minimum absolute atomic E-state index is 0.204. The van der Waals surface area contributed by atoms with Gasteiger partial charge in [0.15, 0.2) is 6.10 Å². The molecule has 1 unspecified atom stereocenters. The van der Waals surface area contributed by atoms with E-state index in [4.69, 9.17) is 4.74 Å². The van der Waals surface area contributed by atoms with Crippen molar-refractivity contribution < 1.29 is 13.9 Å². The van der Waals surface area contributed by atoms with Gasteiger partial charge in [-0.25, -0.2) is 4.39 Å². The Morgan fingerprint density at radius 2 is 1.83 bits per heavy atom. The molecule has 0 spiro atoms. The number of rotatable bonds is 6. The maximum absolute atomic E-state index is 12.8. The summed E-state index contributed by atoms with van der Waals surface area (Å²) in [6.45, 7) is 6.27. The van der Waals surface area contributed by atoms with Crippen LogP contribution in [-0.2, 0) is 11.3 Å². The number of nitrogens with one attached hydrogen (secondary N) is 1. The first-order valence-corrected chi connectivity index (χ1v) is 7.74. The van der Waals surface area contributed by atoms with Gasteiger partial charge in [0.1, 0.15) is 11.6 Å². The Hall–Kier alpha value is -2.36. The minimum Gasteiger partial charge on any atom is -0.481 e. The zero-order chi connectivity index (χ0) is 16.8. The molecule has 122 valence electrons. The molecule has 0 radical (unpaired) electrons. The Kier molecular flexibility index (Phi) is 5.74. The predicted molar refractivity (Wildman–Crippen MR) is 88.9 cm³/mol. The third kappa shape index (κ3) is 5.09.